The Kier molecular flexibility index (Phi) is 6.94. The fourth-order valence-electron chi connectivity index (χ4n) is 5.77. The van der Waals surface area contributed by atoms with Crippen molar-refractivity contribution in [2.24, 2.45) is 7.05 Å². The highest BCUT2D eigenvalue weighted by atomic mass is 35.5. The summed E-state index contributed by atoms with van der Waals surface area (Å²) in [4.78, 5) is 0. The predicted octanol–water partition coefficient (Wildman–Crippen LogP) is 3.06. The Morgan fingerprint density at radius 3 is 1.97 bits per heavy atom. The van der Waals surface area contributed by atoms with Gasteiger partial charge in [-0.2, -0.15) is 4.57 Å². The molecule has 180 valence electrons. The van der Waals surface area contributed by atoms with Crippen LogP contribution in [-0.4, -0.2) is 28.4 Å². The van der Waals surface area contributed by atoms with Crippen molar-refractivity contribution in [3.8, 4) is 23.0 Å². The van der Waals surface area contributed by atoms with Crippen molar-refractivity contribution in [1.29, 1.82) is 0 Å². The van der Waals surface area contributed by atoms with Crippen LogP contribution in [0.4, 0.5) is 0 Å². The van der Waals surface area contributed by atoms with Gasteiger partial charge in [0.1, 0.15) is 7.05 Å². The van der Waals surface area contributed by atoms with Crippen LogP contribution in [0.25, 0.3) is 32.4 Å². The van der Waals surface area contributed by atoms with Gasteiger partial charge >= 0.3 is 0 Å². The number of aryl methyl sites for hydroxylation is 1. The maximum atomic E-state index is 5.93. The lowest BCUT2D eigenvalue weighted by molar-refractivity contribution is -0.642. The molecule has 0 radical (unpaired) electrons. The van der Waals surface area contributed by atoms with Crippen LogP contribution < -0.4 is 35.9 Å². The summed E-state index contributed by atoms with van der Waals surface area (Å²) in [6.45, 7) is 0. The third-order valence-electron chi connectivity index (χ3n) is 7.24. The maximum absolute atomic E-state index is 5.93. The second-order valence-corrected chi connectivity index (χ2v) is 8.92. The zero-order valence-corrected chi connectivity index (χ0v) is 21.3. The van der Waals surface area contributed by atoms with E-state index in [2.05, 4.69) is 42.1 Å². The normalized spacial score (nSPS) is 14.3. The number of fused-ring (bicyclic) bond motifs is 5. The van der Waals surface area contributed by atoms with E-state index in [1.165, 1.54) is 59.3 Å². The van der Waals surface area contributed by atoms with E-state index in [-0.39, 0.29) is 12.4 Å². The largest absolute Gasteiger partial charge is 1.00 e. The molecule has 0 spiro atoms. The standard InChI is InChI=1S/C28H32NO4.ClH/c1-29-16-22-18(13-14-23(30-2)27(22)32-4)20-12-11-19-21(26(20)29)15-24(31-3)28(33-5)25(19)17-9-7-6-8-10-17;/h11-17H,6-10H2,1-5H3;1H/q+1;/p-1. The van der Waals surface area contributed by atoms with E-state index in [9.17, 15) is 0 Å². The summed E-state index contributed by atoms with van der Waals surface area (Å²) in [5.41, 5.74) is 2.46. The lowest BCUT2D eigenvalue weighted by atomic mass is 9.81. The second-order valence-electron chi connectivity index (χ2n) is 8.92. The molecule has 0 amide bonds. The fraction of sp³-hybridized carbons (Fsp3) is 0.393. The molecule has 1 saturated carbocycles. The van der Waals surface area contributed by atoms with Crippen molar-refractivity contribution in [1.82, 2.24) is 0 Å². The molecule has 0 N–H and O–H groups in total. The van der Waals surface area contributed by atoms with Crippen LogP contribution in [0, 0.1) is 0 Å². The molecule has 1 aliphatic rings. The van der Waals surface area contributed by atoms with Crippen LogP contribution in [-0.2, 0) is 7.05 Å². The van der Waals surface area contributed by atoms with Gasteiger partial charge in [-0.25, -0.2) is 0 Å². The average molecular weight is 482 g/mol. The number of rotatable bonds is 5. The van der Waals surface area contributed by atoms with Gasteiger partial charge in [0.05, 0.1) is 44.6 Å². The van der Waals surface area contributed by atoms with Crippen LogP contribution in [0.2, 0.25) is 0 Å². The number of halogens is 1. The minimum Gasteiger partial charge on any atom is -1.00 e. The van der Waals surface area contributed by atoms with E-state index in [0.29, 0.717) is 5.92 Å². The van der Waals surface area contributed by atoms with Gasteiger partial charge in [-0.15, -0.1) is 0 Å². The molecule has 0 saturated heterocycles. The van der Waals surface area contributed by atoms with Gasteiger partial charge in [0.25, 0.3) is 0 Å². The summed E-state index contributed by atoms with van der Waals surface area (Å²) < 4.78 is 25.2. The van der Waals surface area contributed by atoms with Crippen LogP contribution in [0.1, 0.15) is 43.6 Å². The number of aromatic nitrogens is 1. The van der Waals surface area contributed by atoms with E-state index >= 15 is 0 Å². The predicted molar refractivity (Wildman–Crippen MR) is 132 cm³/mol. The summed E-state index contributed by atoms with van der Waals surface area (Å²) in [6, 6.07) is 10.7. The minimum absolute atomic E-state index is 0. The Morgan fingerprint density at radius 1 is 0.676 bits per heavy atom. The smallest absolute Gasteiger partial charge is 0.220 e. The molecule has 5 nitrogen and oxygen atoms in total. The first kappa shape index (κ1) is 24.2. The van der Waals surface area contributed by atoms with Crippen molar-refractivity contribution in [2.45, 2.75) is 38.0 Å². The first-order chi connectivity index (χ1) is 16.1. The second kappa shape index (κ2) is 9.75. The van der Waals surface area contributed by atoms with Gasteiger partial charge in [-0.1, -0.05) is 25.3 Å². The van der Waals surface area contributed by atoms with E-state index < -0.39 is 0 Å². The van der Waals surface area contributed by atoms with Gasteiger partial charge in [-0.05, 0) is 48.4 Å². The van der Waals surface area contributed by atoms with E-state index in [1.807, 2.05) is 6.07 Å². The summed E-state index contributed by atoms with van der Waals surface area (Å²) >= 11 is 0. The Hall–Kier alpha value is -2.92. The van der Waals surface area contributed by atoms with E-state index in [0.717, 1.165) is 33.8 Å². The first-order valence-corrected chi connectivity index (χ1v) is 11.7. The molecule has 0 aliphatic heterocycles. The molecule has 0 bridgehead atoms. The molecule has 34 heavy (non-hydrogen) atoms. The monoisotopic (exact) mass is 481 g/mol. The Balaban J connectivity index is 0.00000274. The van der Waals surface area contributed by atoms with Crippen molar-refractivity contribution >= 4 is 32.4 Å². The van der Waals surface area contributed by atoms with Crippen LogP contribution in [0.15, 0.2) is 36.5 Å². The quantitative estimate of drug-likeness (QED) is 0.324. The highest BCUT2D eigenvalue weighted by molar-refractivity contribution is 6.16. The lowest BCUT2D eigenvalue weighted by Gasteiger charge is -2.26. The Morgan fingerprint density at radius 2 is 1.32 bits per heavy atom. The molecule has 1 aromatic heterocycles. The van der Waals surface area contributed by atoms with E-state index in [4.69, 9.17) is 18.9 Å². The fourth-order valence-corrected chi connectivity index (χ4v) is 5.77. The first-order valence-electron chi connectivity index (χ1n) is 11.7. The van der Waals surface area contributed by atoms with Crippen LogP contribution in [0.5, 0.6) is 23.0 Å². The number of pyridine rings is 1. The zero-order valence-electron chi connectivity index (χ0n) is 20.5. The maximum Gasteiger partial charge on any atom is 0.220 e. The van der Waals surface area contributed by atoms with Crippen molar-refractivity contribution in [2.75, 3.05) is 28.4 Å². The molecule has 4 aromatic rings. The third-order valence-corrected chi connectivity index (χ3v) is 7.24. The number of ether oxygens (including phenoxy) is 4. The SMILES string of the molecule is COc1cc2c(ccc3c4ccc(OC)c(OC)c4c[n+](C)c23)c(C2CCCCC2)c1OC.[Cl-]. The Labute approximate surface area is 207 Å². The molecule has 3 aromatic carbocycles. The highest BCUT2D eigenvalue weighted by Crippen LogP contribution is 2.48. The molecule has 5 rings (SSSR count). The molecule has 1 fully saturated rings. The van der Waals surface area contributed by atoms with Gasteiger partial charge in [0.2, 0.25) is 5.52 Å². The van der Waals surface area contributed by atoms with Crippen molar-refractivity contribution in [3.63, 3.8) is 0 Å². The van der Waals surface area contributed by atoms with Gasteiger partial charge in [-0.3, -0.25) is 0 Å². The molecule has 1 heterocycles. The van der Waals surface area contributed by atoms with Crippen molar-refractivity contribution in [3.05, 3.63) is 42.1 Å². The molecular weight excluding hydrogens is 450 g/mol. The number of benzene rings is 3. The summed E-state index contributed by atoms with van der Waals surface area (Å²) in [6.07, 6.45) is 8.36. The van der Waals surface area contributed by atoms with Crippen molar-refractivity contribution < 1.29 is 35.9 Å². The van der Waals surface area contributed by atoms with Crippen LogP contribution >= 0.6 is 0 Å². The lowest BCUT2D eigenvalue weighted by Crippen LogP contribution is -3.00. The third kappa shape index (κ3) is 3.67. The van der Waals surface area contributed by atoms with E-state index in [1.54, 1.807) is 28.4 Å². The summed E-state index contributed by atoms with van der Waals surface area (Å²) in [7, 11) is 8.94. The zero-order chi connectivity index (χ0) is 23.1. The number of hydrogen-bond donors (Lipinski definition) is 0. The Bertz CT molecular complexity index is 1360. The van der Waals surface area contributed by atoms with Gasteiger partial charge in [0.15, 0.2) is 29.2 Å². The summed E-state index contributed by atoms with van der Waals surface area (Å²) in [5, 5.41) is 5.77. The highest BCUT2D eigenvalue weighted by Gasteiger charge is 2.27. The number of nitrogens with zero attached hydrogens (tertiary/aromatic N) is 1. The molecule has 0 unspecified atom stereocenters. The number of methoxy groups -OCH3 is 4. The van der Waals surface area contributed by atoms with Gasteiger partial charge in [0, 0.05) is 10.9 Å². The molecule has 1 aliphatic carbocycles. The molecule has 6 heteroatoms. The van der Waals surface area contributed by atoms with Gasteiger partial charge < -0.3 is 31.4 Å². The average Bonchev–Trinajstić information content (AvgIpc) is 2.86. The topological polar surface area (TPSA) is 40.8 Å². The molecule has 0 atom stereocenters. The van der Waals surface area contributed by atoms with Crippen LogP contribution in [0.3, 0.4) is 0 Å². The minimum atomic E-state index is 0. The summed E-state index contributed by atoms with van der Waals surface area (Å²) in [5.74, 6) is 3.65. The number of hydrogen-bond acceptors (Lipinski definition) is 4. The molecular formula is C28H32ClNO4.